The SMILES string of the molecule is C=C(N)CNCC(C)(C)CC(C)(C)CS. The van der Waals surface area contributed by atoms with Gasteiger partial charge in [-0.25, -0.2) is 0 Å². The number of nitrogens with two attached hydrogens (primary N) is 1. The second-order valence-corrected chi connectivity index (χ2v) is 6.24. The van der Waals surface area contributed by atoms with E-state index in [0.29, 0.717) is 12.2 Å². The molecule has 3 N–H and O–H groups in total. The fourth-order valence-electron chi connectivity index (χ4n) is 1.98. The van der Waals surface area contributed by atoms with Gasteiger partial charge in [-0.1, -0.05) is 34.3 Å². The molecule has 2 nitrogen and oxygen atoms in total. The van der Waals surface area contributed by atoms with Crippen molar-refractivity contribution in [2.24, 2.45) is 16.6 Å². The molecule has 0 spiro atoms. The molecule has 0 radical (unpaired) electrons. The lowest BCUT2D eigenvalue weighted by Crippen LogP contribution is -2.35. The van der Waals surface area contributed by atoms with Crippen molar-refractivity contribution in [3.05, 3.63) is 12.3 Å². The zero-order valence-electron chi connectivity index (χ0n) is 10.6. The first-order chi connectivity index (χ1) is 6.68. The van der Waals surface area contributed by atoms with E-state index in [1.54, 1.807) is 0 Å². The van der Waals surface area contributed by atoms with Crippen molar-refractivity contribution in [3.8, 4) is 0 Å². The molecule has 15 heavy (non-hydrogen) atoms. The minimum Gasteiger partial charge on any atom is -0.401 e. The van der Waals surface area contributed by atoms with Crippen molar-refractivity contribution in [2.75, 3.05) is 18.8 Å². The molecule has 0 atom stereocenters. The molecule has 0 aliphatic heterocycles. The van der Waals surface area contributed by atoms with E-state index in [1.807, 2.05) is 0 Å². The van der Waals surface area contributed by atoms with Gasteiger partial charge in [0, 0.05) is 18.8 Å². The van der Waals surface area contributed by atoms with Crippen LogP contribution >= 0.6 is 12.6 Å². The number of hydrogen-bond acceptors (Lipinski definition) is 3. The molecule has 0 aliphatic rings. The Kier molecular flexibility index (Phi) is 5.75. The van der Waals surface area contributed by atoms with Gasteiger partial charge in [0.05, 0.1) is 0 Å². The van der Waals surface area contributed by atoms with Crippen molar-refractivity contribution < 1.29 is 0 Å². The topological polar surface area (TPSA) is 38.0 Å². The molecule has 0 amide bonds. The first-order valence-electron chi connectivity index (χ1n) is 5.43. The highest BCUT2D eigenvalue weighted by Gasteiger charge is 2.27. The Morgan fingerprint density at radius 2 is 1.80 bits per heavy atom. The predicted octanol–water partition coefficient (Wildman–Crippen LogP) is 2.42. The van der Waals surface area contributed by atoms with Crippen LogP contribution in [0.5, 0.6) is 0 Å². The molecular weight excluding hydrogens is 204 g/mol. The molecular formula is C12H26N2S. The van der Waals surface area contributed by atoms with Crippen LogP contribution in [0.3, 0.4) is 0 Å². The quantitative estimate of drug-likeness (QED) is 0.588. The third-order valence-corrected chi connectivity index (χ3v) is 3.20. The zero-order chi connectivity index (χ0) is 12.1. The zero-order valence-corrected chi connectivity index (χ0v) is 11.5. The van der Waals surface area contributed by atoms with E-state index in [-0.39, 0.29) is 10.8 Å². The molecule has 0 rings (SSSR count). The van der Waals surface area contributed by atoms with E-state index in [9.17, 15) is 0 Å². The van der Waals surface area contributed by atoms with Crippen LogP contribution in [0.1, 0.15) is 34.1 Å². The summed E-state index contributed by atoms with van der Waals surface area (Å²) in [6, 6.07) is 0. The number of hydrogen-bond donors (Lipinski definition) is 3. The van der Waals surface area contributed by atoms with Gasteiger partial charge in [-0.3, -0.25) is 0 Å². The summed E-state index contributed by atoms with van der Waals surface area (Å²) in [7, 11) is 0. The first-order valence-corrected chi connectivity index (χ1v) is 6.07. The van der Waals surface area contributed by atoms with Gasteiger partial charge in [0.2, 0.25) is 0 Å². The van der Waals surface area contributed by atoms with Gasteiger partial charge >= 0.3 is 0 Å². The van der Waals surface area contributed by atoms with E-state index in [4.69, 9.17) is 5.73 Å². The molecule has 0 aromatic carbocycles. The maximum Gasteiger partial charge on any atom is 0.0346 e. The summed E-state index contributed by atoms with van der Waals surface area (Å²) >= 11 is 4.38. The lowest BCUT2D eigenvalue weighted by atomic mass is 9.76. The molecule has 0 bridgehead atoms. The molecule has 0 saturated heterocycles. The maximum absolute atomic E-state index is 5.51. The minimum atomic E-state index is 0.266. The summed E-state index contributed by atoms with van der Waals surface area (Å²) in [6.45, 7) is 14.4. The Balaban J connectivity index is 4.01. The Morgan fingerprint density at radius 3 is 2.20 bits per heavy atom. The highest BCUT2D eigenvalue weighted by molar-refractivity contribution is 7.80. The predicted molar refractivity (Wildman–Crippen MR) is 72.2 cm³/mol. The van der Waals surface area contributed by atoms with Crippen molar-refractivity contribution in [1.82, 2.24) is 5.32 Å². The summed E-state index contributed by atoms with van der Waals surface area (Å²) < 4.78 is 0. The van der Waals surface area contributed by atoms with Crippen molar-refractivity contribution in [3.63, 3.8) is 0 Å². The van der Waals surface area contributed by atoms with E-state index in [1.165, 1.54) is 0 Å². The Hall–Kier alpha value is -0.150. The summed E-state index contributed by atoms with van der Waals surface area (Å²) in [6.07, 6.45) is 1.15. The van der Waals surface area contributed by atoms with E-state index in [0.717, 1.165) is 18.7 Å². The monoisotopic (exact) mass is 230 g/mol. The van der Waals surface area contributed by atoms with Crippen LogP contribution in [0.4, 0.5) is 0 Å². The second kappa shape index (κ2) is 5.80. The lowest BCUT2D eigenvalue weighted by molar-refractivity contribution is 0.212. The fourth-order valence-corrected chi connectivity index (χ4v) is 2.09. The third-order valence-electron chi connectivity index (χ3n) is 2.34. The molecule has 0 aliphatic carbocycles. The van der Waals surface area contributed by atoms with Crippen LogP contribution in [0.25, 0.3) is 0 Å². The summed E-state index contributed by atoms with van der Waals surface area (Å²) in [5, 5.41) is 3.32. The Morgan fingerprint density at radius 1 is 1.27 bits per heavy atom. The highest BCUT2D eigenvalue weighted by atomic mass is 32.1. The number of nitrogens with one attached hydrogen (secondary N) is 1. The van der Waals surface area contributed by atoms with E-state index >= 15 is 0 Å². The molecule has 0 unspecified atom stereocenters. The van der Waals surface area contributed by atoms with Crippen molar-refractivity contribution in [1.29, 1.82) is 0 Å². The van der Waals surface area contributed by atoms with Gasteiger partial charge < -0.3 is 11.1 Å². The van der Waals surface area contributed by atoms with E-state index < -0.39 is 0 Å². The lowest BCUT2D eigenvalue weighted by Gasteiger charge is -2.34. The molecule has 0 aromatic rings. The molecule has 0 aromatic heterocycles. The van der Waals surface area contributed by atoms with Gasteiger partial charge in [-0.15, -0.1) is 0 Å². The Labute approximate surface area is 100 Å². The summed E-state index contributed by atoms with van der Waals surface area (Å²) in [5.41, 5.74) is 6.75. The van der Waals surface area contributed by atoms with Gasteiger partial charge in [0.1, 0.15) is 0 Å². The van der Waals surface area contributed by atoms with Crippen LogP contribution in [-0.2, 0) is 0 Å². The number of rotatable bonds is 7. The van der Waals surface area contributed by atoms with Crippen LogP contribution < -0.4 is 11.1 Å². The number of thiol groups is 1. The Bertz CT molecular complexity index is 210. The van der Waals surface area contributed by atoms with Crippen LogP contribution in [0.2, 0.25) is 0 Å². The van der Waals surface area contributed by atoms with Crippen LogP contribution in [0, 0.1) is 10.8 Å². The smallest absolute Gasteiger partial charge is 0.0346 e. The third kappa shape index (κ3) is 7.74. The maximum atomic E-state index is 5.51. The van der Waals surface area contributed by atoms with Crippen molar-refractivity contribution in [2.45, 2.75) is 34.1 Å². The average Bonchev–Trinajstić information content (AvgIpc) is 2.01. The van der Waals surface area contributed by atoms with Gasteiger partial charge in [-0.2, -0.15) is 12.6 Å². The normalized spacial score (nSPS) is 12.9. The molecule has 0 heterocycles. The first kappa shape index (κ1) is 14.8. The molecule has 0 fully saturated rings. The standard InChI is InChI=1S/C12H26N2S/c1-10(13)6-14-8-11(2,3)7-12(4,5)9-15/h14-15H,1,6-9,13H2,2-5H3. The van der Waals surface area contributed by atoms with Crippen LogP contribution in [-0.4, -0.2) is 18.8 Å². The largest absolute Gasteiger partial charge is 0.401 e. The average molecular weight is 230 g/mol. The minimum absolute atomic E-state index is 0.266. The fraction of sp³-hybridized carbons (Fsp3) is 0.833. The van der Waals surface area contributed by atoms with Crippen LogP contribution in [0.15, 0.2) is 12.3 Å². The van der Waals surface area contributed by atoms with Gasteiger partial charge in [-0.05, 0) is 23.0 Å². The summed E-state index contributed by atoms with van der Waals surface area (Å²) in [5.74, 6) is 0.917. The molecule has 0 saturated carbocycles. The van der Waals surface area contributed by atoms with Crippen molar-refractivity contribution >= 4 is 12.6 Å². The van der Waals surface area contributed by atoms with Gasteiger partial charge in [0.15, 0.2) is 0 Å². The molecule has 3 heteroatoms. The molecule has 90 valence electrons. The van der Waals surface area contributed by atoms with E-state index in [2.05, 4.69) is 52.2 Å². The summed E-state index contributed by atoms with van der Waals surface area (Å²) in [4.78, 5) is 0. The highest BCUT2D eigenvalue weighted by Crippen LogP contribution is 2.33. The van der Waals surface area contributed by atoms with Gasteiger partial charge in [0.25, 0.3) is 0 Å². The second-order valence-electron chi connectivity index (χ2n) is 5.93.